The number of benzene rings is 1. The number of aromatic nitrogens is 1. The van der Waals surface area contributed by atoms with E-state index in [0.717, 1.165) is 0 Å². The quantitative estimate of drug-likeness (QED) is 0.764. The molecule has 2 aromatic rings. The first-order chi connectivity index (χ1) is 10.5. The Balaban J connectivity index is 1.86. The number of amides is 1. The number of pyridine rings is 1. The van der Waals surface area contributed by atoms with Crippen molar-refractivity contribution in [1.29, 1.82) is 0 Å². The SMILES string of the molecule is O=C(Nc1cc2c(cc1Br)OCCO2)c1cnc(Cl)c(Cl)c1. The number of hydrogen-bond donors (Lipinski definition) is 1. The highest BCUT2D eigenvalue weighted by Gasteiger charge is 2.17. The highest BCUT2D eigenvalue weighted by Crippen LogP contribution is 2.38. The molecule has 114 valence electrons. The van der Waals surface area contributed by atoms with Crippen molar-refractivity contribution >= 4 is 50.7 Å². The summed E-state index contributed by atoms with van der Waals surface area (Å²) in [5, 5.41) is 3.13. The maximum absolute atomic E-state index is 12.3. The first-order valence-corrected chi connectivity index (χ1v) is 7.81. The van der Waals surface area contributed by atoms with E-state index in [1.165, 1.54) is 12.3 Å². The van der Waals surface area contributed by atoms with Crippen LogP contribution in [-0.2, 0) is 0 Å². The third-order valence-electron chi connectivity index (χ3n) is 2.94. The second-order valence-electron chi connectivity index (χ2n) is 4.43. The van der Waals surface area contributed by atoms with Crippen LogP contribution in [0, 0.1) is 0 Å². The number of carbonyl (C=O) groups is 1. The smallest absolute Gasteiger partial charge is 0.257 e. The van der Waals surface area contributed by atoms with Gasteiger partial charge >= 0.3 is 0 Å². The van der Waals surface area contributed by atoms with Crippen LogP contribution in [0.15, 0.2) is 28.9 Å². The Hall–Kier alpha value is -1.50. The Bertz CT molecular complexity index is 755. The van der Waals surface area contributed by atoms with Gasteiger partial charge in [0.1, 0.15) is 18.4 Å². The molecule has 0 atom stereocenters. The lowest BCUT2D eigenvalue weighted by Gasteiger charge is -2.20. The molecule has 0 saturated heterocycles. The third kappa shape index (κ3) is 3.14. The molecule has 3 rings (SSSR count). The highest BCUT2D eigenvalue weighted by molar-refractivity contribution is 9.10. The number of nitrogens with zero attached hydrogens (tertiary/aromatic N) is 1. The van der Waals surface area contributed by atoms with E-state index >= 15 is 0 Å². The van der Waals surface area contributed by atoms with Crippen LogP contribution in [0.5, 0.6) is 11.5 Å². The number of rotatable bonds is 2. The maximum atomic E-state index is 12.3. The van der Waals surface area contributed by atoms with Crippen LogP contribution < -0.4 is 14.8 Å². The molecule has 5 nitrogen and oxygen atoms in total. The molecule has 22 heavy (non-hydrogen) atoms. The normalized spacial score (nSPS) is 12.9. The fourth-order valence-electron chi connectivity index (χ4n) is 1.90. The van der Waals surface area contributed by atoms with Gasteiger partial charge < -0.3 is 14.8 Å². The molecule has 1 N–H and O–H groups in total. The largest absolute Gasteiger partial charge is 0.486 e. The van der Waals surface area contributed by atoms with E-state index in [0.29, 0.717) is 40.4 Å². The summed E-state index contributed by atoms with van der Waals surface area (Å²) >= 11 is 15.0. The summed E-state index contributed by atoms with van der Waals surface area (Å²) in [5.41, 5.74) is 0.858. The summed E-state index contributed by atoms with van der Waals surface area (Å²) < 4.78 is 11.6. The Morgan fingerprint density at radius 1 is 1.18 bits per heavy atom. The van der Waals surface area contributed by atoms with E-state index in [1.54, 1.807) is 12.1 Å². The van der Waals surface area contributed by atoms with E-state index in [2.05, 4.69) is 26.2 Å². The van der Waals surface area contributed by atoms with Crippen molar-refractivity contribution in [2.45, 2.75) is 0 Å². The average molecular weight is 404 g/mol. The number of halogens is 3. The van der Waals surface area contributed by atoms with Gasteiger partial charge in [-0.15, -0.1) is 0 Å². The molecule has 1 aliphatic heterocycles. The number of hydrogen-bond acceptors (Lipinski definition) is 4. The first kappa shape index (κ1) is 15.4. The van der Waals surface area contributed by atoms with Gasteiger partial charge in [-0.2, -0.15) is 0 Å². The van der Waals surface area contributed by atoms with Crippen molar-refractivity contribution in [1.82, 2.24) is 4.98 Å². The van der Waals surface area contributed by atoms with Gasteiger partial charge in [0.15, 0.2) is 11.5 Å². The Morgan fingerprint density at radius 2 is 1.86 bits per heavy atom. The second kappa shape index (κ2) is 6.32. The third-order valence-corrected chi connectivity index (χ3v) is 4.28. The van der Waals surface area contributed by atoms with Gasteiger partial charge in [0.05, 0.1) is 16.3 Å². The molecule has 0 spiro atoms. The topological polar surface area (TPSA) is 60.5 Å². The average Bonchev–Trinajstić information content (AvgIpc) is 2.50. The van der Waals surface area contributed by atoms with Gasteiger partial charge in [-0.3, -0.25) is 4.79 Å². The lowest BCUT2D eigenvalue weighted by atomic mass is 10.2. The summed E-state index contributed by atoms with van der Waals surface area (Å²) in [5.74, 6) is 0.854. The number of nitrogens with one attached hydrogen (secondary N) is 1. The van der Waals surface area contributed by atoms with E-state index in [1.807, 2.05) is 0 Å². The Morgan fingerprint density at radius 3 is 2.55 bits per heavy atom. The van der Waals surface area contributed by atoms with Crippen LogP contribution in [0.1, 0.15) is 10.4 Å². The minimum Gasteiger partial charge on any atom is -0.486 e. The fourth-order valence-corrected chi connectivity index (χ4v) is 2.59. The molecule has 0 fully saturated rings. The van der Waals surface area contributed by atoms with Crippen molar-refractivity contribution in [2.75, 3.05) is 18.5 Å². The maximum Gasteiger partial charge on any atom is 0.257 e. The van der Waals surface area contributed by atoms with Gasteiger partial charge in [0.2, 0.25) is 0 Å². The molecule has 1 aliphatic rings. The van der Waals surface area contributed by atoms with Crippen LogP contribution >= 0.6 is 39.1 Å². The molecule has 0 saturated carbocycles. The van der Waals surface area contributed by atoms with Crippen molar-refractivity contribution < 1.29 is 14.3 Å². The van der Waals surface area contributed by atoms with Gasteiger partial charge in [-0.05, 0) is 22.0 Å². The molecule has 0 aliphatic carbocycles. The van der Waals surface area contributed by atoms with Gasteiger partial charge in [-0.25, -0.2) is 4.98 Å². The van der Waals surface area contributed by atoms with Gasteiger partial charge in [0.25, 0.3) is 5.91 Å². The first-order valence-electron chi connectivity index (χ1n) is 6.26. The summed E-state index contributed by atoms with van der Waals surface area (Å²) in [6.45, 7) is 0.971. The number of fused-ring (bicyclic) bond motifs is 1. The zero-order chi connectivity index (χ0) is 15.7. The predicted octanol–water partition coefficient (Wildman–Crippen LogP) is 4.17. The number of carbonyl (C=O) groups excluding carboxylic acids is 1. The van der Waals surface area contributed by atoms with Crippen LogP contribution in [0.2, 0.25) is 10.2 Å². The number of anilines is 1. The standard InChI is InChI=1S/C14H9BrCl2N2O3/c15-8-4-11-12(22-2-1-21-11)5-10(8)19-14(20)7-3-9(16)13(17)18-6-7/h3-6H,1-2H2,(H,19,20). The van der Waals surface area contributed by atoms with E-state index in [9.17, 15) is 4.79 Å². The van der Waals surface area contributed by atoms with E-state index < -0.39 is 0 Å². The van der Waals surface area contributed by atoms with Crippen molar-refractivity contribution in [3.05, 3.63) is 44.6 Å². The lowest BCUT2D eigenvalue weighted by molar-refractivity contribution is 0.102. The lowest BCUT2D eigenvalue weighted by Crippen LogP contribution is -2.17. The van der Waals surface area contributed by atoms with Crippen LogP contribution in [0.25, 0.3) is 0 Å². The zero-order valence-electron chi connectivity index (χ0n) is 11.0. The summed E-state index contributed by atoms with van der Waals surface area (Å²) in [6, 6.07) is 4.90. The van der Waals surface area contributed by atoms with Crippen LogP contribution in [0.3, 0.4) is 0 Å². The Labute approximate surface area is 144 Å². The fraction of sp³-hybridized carbons (Fsp3) is 0.143. The van der Waals surface area contributed by atoms with Crippen LogP contribution in [-0.4, -0.2) is 24.1 Å². The van der Waals surface area contributed by atoms with Crippen LogP contribution in [0.4, 0.5) is 5.69 Å². The minimum absolute atomic E-state index is 0.152. The molecule has 1 amide bonds. The summed E-state index contributed by atoms with van der Waals surface area (Å²) in [4.78, 5) is 16.1. The molecule has 1 aromatic heterocycles. The number of ether oxygens (including phenoxy) is 2. The molecular formula is C14H9BrCl2N2O3. The second-order valence-corrected chi connectivity index (χ2v) is 6.05. The predicted molar refractivity (Wildman–Crippen MR) is 87.3 cm³/mol. The highest BCUT2D eigenvalue weighted by atomic mass is 79.9. The molecule has 0 radical (unpaired) electrons. The van der Waals surface area contributed by atoms with Crippen molar-refractivity contribution in [3.8, 4) is 11.5 Å². The monoisotopic (exact) mass is 402 g/mol. The molecule has 0 bridgehead atoms. The molecule has 2 heterocycles. The Kier molecular flexibility index (Phi) is 4.42. The van der Waals surface area contributed by atoms with Gasteiger partial charge in [0, 0.05) is 22.8 Å². The molecule has 0 unspecified atom stereocenters. The van der Waals surface area contributed by atoms with Crippen molar-refractivity contribution in [2.24, 2.45) is 0 Å². The minimum atomic E-state index is -0.358. The molecular weight excluding hydrogens is 395 g/mol. The van der Waals surface area contributed by atoms with Crippen molar-refractivity contribution in [3.63, 3.8) is 0 Å². The van der Waals surface area contributed by atoms with Gasteiger partial charge in [-0.1, -0.05) is 23.2 Å². The molecule has 1 aromatic carbocycles. The van der Waals surface area contributed by atoms with E-state index in [4.69, 9.17) is 32.7 Å². The summed E-state index contributed by atoms with van der Waals surface area (Å²) in [7, 11) is 0. The zero-order valence-corrected chi connectivity index (χ0v) is 14.1. The molecule has 8 heteroatoms. The summed E-state index contributed by atoms with van der Waals surface area (Å²) in [6.07, 6.45) is 1.36. The van der Waals surface area contributed by atoms with E-state index in [-0.39, 0.29) is 16.1 Å².